The van der Waals surface area contributed by atoms with Gasteiger partial charge in [-0.25, -0.2) is 9.97 Å². The minimum absolute atomic E-state index is 0.257. The van der Waals surface area contributed by atoms with E-state index in [2.05, 4.69) is 41.8 Å². The van der Waals surface area contributed by atoms with Crippen LogP contribution in [-0.4, -0.2) is 71.9 Å². The normalized spacial score (nSPS) is 12.9. The van der Waals surface area contributed by atoms with E-state index < -0.39 is 0 Å². The Morgan fingerprint density at radius 3 is 2.82 bits per heavy atom. The van der Waals surface area contributed by atoms with Crippen LogP contribution in [0.15, 0.2) is 55.4 Å². The van der Waals surface area contributed by atoms with Crippen LogP contribution in [0, 0.1) is 0 Å². The molecule has 0 fully saturated rings. The van der Waals surface area contributed by atoms with Crippen molar-refractivity contribution in [1.29, 1.82) is 0 Å². The molecule has 10 heteroatoms. The summed E-state index contributed by atoms with van der Waals surface area (Å²) >= 11 is 0. The smallest absolute Gasteiger partial charge is 0.248 e. The third-order valence-electron chi connectivity index (χ3n) is 6.41. The van der Waals surface area contributed by atoms with Gasteiger partial charge in [0.05, 0.1) is 36.1 Å². The zero-order valence-electron chi connectivity index (χ0n) is 22.6. The van der Waals surface area contributed by atoms with E-state index in [1.807, 2.05) is 45.5 Å². The van der Waals surface area contributed by atoms with Crippen molar-refractivity contribution in [3.63, 3.8) is 0 Å². The van der Waals surface area contributed by atoms with E-state index in [0.29, 0.717) is 23.1 Å². The van der Waals surface area contributed by atoms with Crippen molar-refractivity contribution in [3.8, 4) is 17.0 Å². The molecule has 3 heterocycles. The SMILES string of the molecule is C=C/C=C/C(=O)Nc1cc(Nc2nccc(-c3cnn4c3CCCC4)n2)c(OC)cc1N(C)CCN(C)C. The Hall–Kier alpha value is -4.18. The molecule has 38 heavy (non-hydrogen) atoms. The molecule has 1 aliphatic heterocycles. The Balaban J connectivity index is 1.67. The molecule has 0 unspecified atom stereocenters. The second-order valence-corrected chi connectivity index (χ2v) is 9.45. The van der Waals surface area contributed by atoms with Gasteiger partial charge >= 0.3 is 0 Å². The topological polar surface area (TPSA) is 100 Å². The zero-order valence-corrected chi connectivity index (χ0v) is 22.6. The van der Waals surface area contributed by atoms with Crippen molar-refractivity contribution >= 4 is 28.9 Å². The number of aromatic nitrogens is 4. The maximum Gasteiger partial charge on any atom is 0.248 e. The highest BCUT2D eigenvalue weighted by atomic mass is 16.5. The van der Waals surface area contributed by atoms with Crippen molar-refractivity contribution in [1.82, 2.24) is 24.6 Å². The van der Waals surface area contributed by atoms with E-state index >= 15 is 0 Å². The number of aryl methyl sites for hydroxylation is 1. The zero-order chi connectivity index (χ0) is 27.1. The number of carbonyl (C=O) groups is 1. The van der Waals surface area contributed by atoms with Crippen molar-refractivity contribution < 1.29 is 9.53 Å². The molecule has 3 aromatic rings. The predicted molar refractivity (Wildman–Crippen MR) is 152 cm³/mol. The summed E-state index contributed by atoms with van der Waals surface area (Å²) < 4.78 is 7.80. The third-order valence-corrected chi connectivity index (χ3v) is 6.41. The standard InChI is InChI=1S/C28H36N8O2/c1-6-7-11-27(37)31-22-17-23(26(38-5)18-25(22)35(4)16-15-34(2)3)33-28-29-13-12-21(32-28)20-19-30-36-14-9-8-10-24(20)36/h6-7,11-13,17-19H,1,8-10,14-16H2,2-5H3,(H,31,37)(H,29,32,33)/b11-7+. The number of nitrogens with one attached hydrogen (secondary N) is 2. The van der Waals surface area contributed by atoms with Gasteiger partial charge in [-0.3, -0.25) is 9.48 Å². The van der Waals surface area contributed by atoms with Gasteiger partial charge in [-0.15, -0.1) is 0 Å². The fraction of sp³-hybridized carbons (Fsp3) is 0.357. The molecule has 0 saturated carbocycles. The van der Waals surface area contributed by atoms with E-state index in [1.54, 1.807) is 25.5 Å². The number of benzene rings is 1. The van der Waals surface area contributed by atoms with Crippen LogP contribution >= 0.6 is 0 Å². The fourth-order valence-corrected chi connectivity index (χ4v) is 4.38. The highest BCUT2D eigenvalue weighted by molar-refractivity contribution is 6.02. The van der Waals surface area contributed by atoms with Crippen LogP contribution in [0.4, 0.5) is 23.0 Å². The summed E-state index contributed by atoms with van der Waals surface area (Å²) in [7, 11) is 7.65. The molecule has 0 radical (unpaired) electrons. The number of fused-ring (bicyclic) bond motifs is 1. The van der Waals surface area contributed by atoms with E-state index in [1.165, 1.54) is 11.8 Å². The number of rotatable bonds is 11. The highest BCUT2D eigenvalue weighted by Crippen LogP contribution is 2.38. The van der Waals surface area contributed by atoms with Crippen LogP contribution in [0.5, 0.6) is 5.75 Å². The summed E-state index contributed by atoms with van der Waals surface area (Å²) in [6.07, 6.45) is 11.5. The minimum atomic E-state index is -0.257. The molecule has 4 rings (SSSR count). The Kier molecular flexibility index (Phi) is 8.75. The summed E-state index contributed by atoms with van der Waals surface area (Å²) in [4.78, 5) is 26.0. The Bertz CT molecular complexity index is 1310. The van der Waals surface area contributed by atoms with Crippen molar-refractivity contribution in [3.05, 3.63) is 61.1 Å². The number of ether oxygens (including phenoxy) is 1. The van der Waals surface area contributed by atoms with Gasteiger partial charge < -0.3 is 25.2 Å². The largest absolute Gasteiger partial charge is 0.494 e. The van der Waals surface area contributed by atoms with Crippen molar-refractivity contribution in [2.45, 2.75) is 25.8 Å². The van der Waals surface area contributed by atoms with E-state index in [0.717, 1.165) is 55.8 Å². The number of anilines is 4. The first-order valence-electron chi connectivity index (χ1n) is 12.7. The van der Waals surface area contributed by atoms with E-state index in [-0.39, 0.29) is 5.91 Å². The summed E-state index contributed by atoms with van der Waals surface area (Å²) in [5.74, 6) is 0.773. The van der Waals surface area contributed by atoms with Gasteiger partial charge in [0.15, 0.2) is 0 Å². The number of allylic oxidation sites excluding steroid dienone is 2. The van der Waals surface area contributed by atoms with Gasteiger partial charge in [-0.05, 0) is 45.5 Å². The Morgan fingerprint density at radius 2 is 2.05 bits per heavy atom. The average molecular weight is 517 g/mol. The summed E-state index contributed by atoms with van der Waals surface area (Å²) in [6, 6.07) is 5.65. The summed E-state index contributed by atoms with van der Waals surface area (Å²) in [6.45, 7) is 6.18. The van der Waals surface area contributed by atoms with Crippen LogP contribution in [0.25, 0.3) is 11.3 Å². The molecular formula is C28H36N8O2. The Labute approximate surface area is 224 Å². The van der Waals surface area contributed by atoms with Gasteiger partial charge in [0.2, 0.25) is 11.9 Å². The lowest BCUT2D eigenvalue weighted by atomic mass is 10.0. The maximum atomic E-state index is 12.6. The molecule has 1 aromatic carbocycles. The molecule has 2 aromatic heterocycles. The quantitative estimate of drug-likeness (QED) is 0.290. The molecule has 0 aliphatic carbocycles. The first kappa shape index (κ1) is 26.9. The van der Waals surface area contributed by atoms with Crippen LogP contribution < -0.4 is 20.3 Å². The minimum Gasteiger partial charge on any atom is -0.494 e. The number of likely N-dealkylation sites (N-methyl/N-ethyl adjacent to an activating group) is 2. The van der Waals surface area contributed by atoms with Crippen LogP contribution in [0.2, 0.25) is 0 Å². The Morgan fingerprint density at radius 1 is 1.21 bits per heavy atom. The maximum absolute atomic E-state index is 12.6. The summed E-state index contributed by atoms with van der Waals surface area (Å²) in [5.41, 5.74) is 5.15. The number of hydrogen-bond donors (Lipinski definition) is 2. The molecule has 0 spiro atoms. The molecule has 1 amide bonds. The van der Waals surface area contributed by atoms with Gasteiger partial charge in [0, 0.05) is 56.3 Å². The number of nitrogens with zero attached hydrogens (tertiary/aromatic N) is 6. The number of hydrogen-bond acceptors (Lipinski definition) is 8. The lowest BCUT2D eigenvalue weighted by molar-refractivity contribution is -0.111. The second-order valence-electron chi connectivity index (χ2n) is 9.45. The fourth-order valence-electron chi connectivity index (χ4n) is 4.38. The van der Waals surface area contributed by atoms with Crippen molar-refractivity contribution in [2.75, 3.05) is 56.9 Å². The summed E-state index contributed by atoms with van der Waals surface area (Å²) in [5, 5.41) is 10.8. The van der Waals surface area contributed by atoms with Crippen molar-refractivity contribution in [2.24, 2.45) is 0 Å². The lowest BCUT2D eigenvalue weighted by Gasteiger charge is -2.26. The first-order valence-corrected chi connectivity index (χ1v) is 12.7. The number of carbonyl (C=O) groups excluding carboxylic acids is 1. The predicted octanol–water partition coefficient (Wildman–Crippen LogP) is 4.11. The van der Waals surface area contributed by atoms with E-state index in [4.69, 9.17) is 9.72 Å². The molecule has 1 aliphatic rings. The number of amides is 1. The second kappa shape index (κ2) is 12.4. The molecule has 10 nitrogen and oxygen atoms in total. The van der Waals surface area contributed by atoms with Crippen LogP contribution in [0.1, 0.15) is 18.5 Å². The molecule has 0 bridgehead atoms. The molecular weight excluding hydrogens is 480 g/mol. The first-order chi connectivity index (χ1) is 18.4. The van der Waals surface area contributed by atoms with E-state index in [9.17, 15) is 4.79 Å². The lowest BCUT2D eigenvalue weighted by Crippen LogP contribution is -2.29. The van der Waals surface area contributed by atoms with Gasteiger partial charge in [-0.2, -0.15) is 5.10 Å². The molecule has 200 valence electrons. The van der Waals surface area contributed by atoms with Gasteiger partial charge in [0.25, 0.3) is 0 Å². The monoisotopic (exact) mass is 516 g/mol. The highest BCUT2D eigenvalue weighted by Gasteiger charge is 2.19. The van der Waals surface area contributed by atoms with Crippen LogP contribution in [-0.2, 0) is 17.8 Å². The average Bonchev–Trinajstić information content (AvgIpc) is 3.35. The van der Waals surface area contributed by atoms with Gasteiger partial charge in [-0.1, -0.05) is 18.7 Å². The molecule has 0 saturated heterocycles. The van der Waals surface area contributed by atoms with Gasteiger partial charge in [0.1, 0.15) is 5.75 Å². The molecule has 2 N–H and O–H groups in total. The van der Waals surface area contributed by atoms with Crippen LogP contribution in [0.3, 0.4) is 0 Å². The molecule has 0 atom stereocenters. The number of methoxy groups -OCH3 is 1. The third kappa shape index (κ3) is 6.38.